The lowest BCUT2D eigenvalue weighted by molar-refractivity contribution is -0.136. The number of amides is 1. The number of aliphatic carboxylic acids is 1. The minimum atomic E-state index is -0.865. The first kappa shape index (κ1) is 23.1. The first-order valence-corrected chi connectivity index (χ1v) is 12.4. The van der Waals surface area contributed by atoms with E-state index in [-0.39, 0.29) is 12.3 Å². The fourth-order valence-corrected chi connectivity index (χ4v) is 5.54. The molecule has 0 bridgehead atoms. The van der Waals surface area contributed by atoms with Gasteiger partial charge in [0.05, 0.1) is 6.42 Å². The number of hydrogen-bond donors (Lipinski definition) is 1. The molecule has 35 heavy (non-hydrogen) atoms. The summed E-state index contributed by atoms with van der Waals surface area (Å²) < 4.78 is 3.27. The highest BCUT2D eigenvalue weighted by molar-refractivity contribution is 7.17. The Labute approximate surface area is 211 Å². The van der Waals surface area contributed by atoms with Crippen molar-refractivity contribution in [3.63, 3.8) is 0 Å². The van der Waals surface area contributed by atoms with Crippen molar-refractivity contribution in [2.45, 2.75) is 13.0 Å². The van der Waals surface area contributed by atoms with E-state index < -0.39 is 5.97 Å². The van der Waals surface area contributed by atoms with Gasteiger partial charge in [0, 0.05) is 53.0 Å². The van der Waals surface area contributed by atoms with Crippen molar-refractivity contribution in [1.29, 1.82) is 0 Å². The van der Waals surface area contributed by atoms with E-state index in [9.17, 15) is 14.7 Å². The highest BCUT2D eigenvalue weighted by Crippen LogP contribution is 2.33. The van der Waals surface area contributed by atoms with Crippen LogP contribution in [0.3, 0.4) is 0 Å². The van der Waals surface area contributed by atoms with Crippen LogP contribution in [0.15, 0.2) is 72.2 Å². The second kappa shape index (κ2) is 9.21. The number of aromatic nitrogens is 1. The van der Waals surface area contributed by atoms with E-state index in [1.807, 2.05) is 60.8 Å². The summed E-state index contributed by atoms with van der Waals surface area (Å²) in [5.41, 5.74) is 5.37. The second-order valence-electron chi connectivity index (χ2n) is 8.77. The third kappa shape index (κ3) is 4.55. The van der Waals surface area contributed by atoms with Crippen LogP contribution in [0.4, 0.5) is 0 Å². The number of benzene rings is 3. The van der Waals surface area contributed by atoms with Gasteiger partial charge in [0.1, 0.15) is 0 Å². The number of rotatable bonds is 6. The van der Waals surface area contributed by atoms with E-state index in [0.717, 1.165) is 43.2 Å². The number of nitrogens with zero attached hydrogens (tertiary/aromatic N) is 2. The van der Waals surface area contributed by atoms with E-state index in [4.69, 9.17) is 11.6 Å². The predicted molar refractivity (Wildman–Crippen MR) is 143 cm³/mol. The summed E-state index contributed by atoms with van der Waals surface area (Å²) in [6.07, 6.45) is 1.88. The van der Waals surface area contributed by atoms with Crippen molar-refractivity contribution in [1.82, 2.24) is 9.47 Å². The molecular weight excluding hydrogens is 480 g/mol. The molecule has 2 aromatic heterocycles. The highest BCUT2D eigenvalue weighted by Gasteiger charge is 2.15. The van der Waals surface area contributed by atoms with Gasteiger partial charge in [0.15, 0.2) is 0 Å². The molecule has 0 aliphatic heterocycles. The van der Waals surface area contributed by atoms with Gasteiger partial charge in [-0.2, -0.15) is 0 Å². The van der Waals surface area contributed by atoms with E-state index in [0.29, 0.717) is 17.1 Å². The van der Waals surface area contributed by atoms with Crippen LogP contribution in [0.5, 0.6) is 0 Å². The summed E-state index contributed by atoms with van der Waals surface area (Å²) in [7, 11) is 3.47. The van der Waals surface area contributed by atoms with Gasteiger partial charge in [-0.25, -0.2) is 0 Å². The fraction of sp³-hybridized carbons (Fsp3) is 0.143. The van der Waals surface area contributed by atoms with Crippen molar-refractivity contribution < 1.29 is 14.7 Å². The van der Waals surface area contributed by atoms with Crippen molar-refractivity contribution >= 4 is 55.8 Å². The number of halogens is 1. The first-order chi connectivity index (χ1) is 16.8. The zero-order valence-corrected chi connectivity index (χ0v) is 20.9. The van der Waals surface area contributed by atoms with Crippen LogP contribution in [0.2, 0.25) is 5.02 Å². The smallest absolute Gasteiger partial charge is 0.307 e. The monoisotopic (exact) mass is 502 g/mol. The average Bonchev–Trinajstić information content (AvgIpc) is 3.39. The third-order valence-corrected chi connectivity index (χ3v) is 7.36. The van der Waals surface area contributed by atoms with E-state index in [1.165, 1.54) is 0 Å². The largest absolute Gasteiger partial charge is 0.481 e. The number of hydrogen-bond acceptors (Lipinski definition) is 3. The summed E-state index contributed by atoms with van der Waals surface area (Å²) in [5.74, 6) is -0.918. The molecule has 2 heterocycles. The normalized spacial score (nSPS) is 11.3. The molecule has 0 aliphatic rings. The summed E-state index contributed by atoms with van der Waals surface area (Å²) in [5, 5.41) is 14.3. The molecule has 0 unspecified atom stereocenters. The number of carboxylic acid groups (broad SMARTS) is 1. The maximum atomic E-state index is 12.5. The molecule has 5 nitrogen and oxygen atoms in total. The maximum Gasteiger partial charge on any atom is 0.307 e. The van der Waals surface area contributed by atoms with Gasteiger partial charge in [0.2, 0.25) is 0 Å². The average molecular weight is 503 g/mol. The van der Waals surface area contributed by atoms with Crippen LogP contribution in [-0.4, -0.2) is 40.5 Å². The third-order valence-electron chi connectivity index (χ3n) is 6.11. The summed E-state index contributed by atoms with van der Waals surface area (Å²) in [6, 6.07) is 19.5. The molecule has 0 aliphatic carbocycles. The van der Waals surface area contributed by atoms with Gasteiger partial charge < -0.3 is 14.6 Å². The Morgan fingerprint density at radius 3 is 2.54 bits per heavy atom. The molecule has 0 saturated carbocycles. The lowest BCUT2D eigenvalue weighted by atomic mass is 10.0. The Kier molecular flexibility index (Phi) is 6.09. The number of thiophene rings is 1. The molecule has 3 aromatic carbocycles. The lowest BCUT2D eigenvalue weighted by Crippen LogP contribution is -2.21. The Hall–Kier alpha value is -3.61. The Bertz CT molecular complexity index is 1600. The molecule has 1 N–H and O–H groups in total. The molecule has 7 heteroatoms. The van der Waals surface area contributed by atoms with Gasteiger partial charge in [0.25, 0.3) is 5.91 Å². The van der Waals surface area contributed by atoms with Crippen LogP contribution in [0.1, 0.15) is 21.5 Å². The Balaban J connectivity index is 1.62. The number of carboxylic acids is 1. The summed E-state index contributed by atoms with van der Waals surface area (Å²) in [6.45, 7) is 0.596. The van der Waals surface area contributed by atoms with Crippen LogP contribution >= 0.6 is 22.9 Å². The van der Waals surface area contributed by atoms with Crippen molar-refractivity contribution in [2.24, 2.45) is 0 Å². The number of carbonyl (C=O) groups is 2. The fourth-order valence-electron chi connectivity index (χ4n) is 4.43. The summed E-state index contributed by atoms with van der Waals surface area (Å²) >= 11 is 7.92. The number of carbonyl (C=O) groups excluding carboxylic acids is 1. The summed E-state index contributed by atoms with van der Waals surface area (Å²) in [4.78, 5) is 25.6. The predicted octanol–water partition coefficient (Wildman–Crippen LogP) is 6.55. The molecule has 5 aromatic rings. The van der Waals surface area contributed by atoms with Gasteiger partial charge in [-0.1, -0.05) is 35.9 Å². The van der Waals surface area contributed by atoms with Crippen LogP contribution in [0, 0.1) is 0 Å². The van der Waals surface area contributed by atoms with Gasteiger partial charge in [-0.3, -0.25) is 9.59 Å². The van der Waals surface area contributed by atoms with Crippen molar-refractivity contribution in [2.75, 3.05) is 14.1 Å². The highest BCUT2D eigenvalue weighted by atomic mass is 35.5. The zero-order valence-electron chi connectivity index (χ0n) is 19.3. The zero-order chi connectivity index (χ0) is 24.7. The minimum absolute atomic E-state index is 0.0497. The van der Waals surface area contributed by atoms with Gasteiger partial charge >= 0.3 is 5.97 Å². The second-order valence-corrected chi connectivity index (χ2v) is 10.1. The van der Waals surface area contributed by atoms with Crippen LogP contribution in [-0.2, 0) is 17.8 Å². The molecular formula is C28H23ClN2O3S. The lowest BCUT2D eigenvalue weighted by Gasteiger charge is -2.12. The molecule has 0 saturated heterocycles. The standard InChI is InChI=1S/C28H23ClN2O3S/c1-30(2)28(34)19-5-3-4-17(10-19)18-6-8-23-20(12-27(32)33)14-31(25(23)11-18)15-21-16-35-26-9-7-22(29)13-24(21)26/h3-11,13-14,16H,12,15H2,1-2H3,(H,32,33). The molecule has 0 radical (unpaired) electrons. The quantitative estimate of drug-likeness (QED) is 0.286. The molecule has 0 atom stereocenters. The SMILES string of the molecule is CN(C)C(=O)c1cccc(-c2ccc3c(CC(=O)O)cn(Cc4csc5ccc(Cl)cc45)c3c2)c1. The number of fused-ring (bicyclic) bond motifs is 2. The molecule has 0 fully saturated rings. The molecule has 176 valence electrons. The first-order valence-electron chi connectivity index (χ1n) is 11.1. The minimum Gasteiger partial charge on any atom is -0.481 e. The van der Waals surface area contributed by atoms with Gasteiger partial charge in [-0.05, 0) is 69.4 Å². The van der Waals surface area contributed by atoms with E-state index in [1.54, 1.807) is 30.3 Å². The Morgan fingerprint density at radius 1 is 0.971 bits per heavy atom. The van der Waals surface area contributed by atoms with Crippen molar-refractivity contribution in [3.8, 4) is 11.1 Å². The molecule has 0 spiro atoms. The Morgan fingerprint density at radius 2 is 1.77 bits per heavy atom. The van der Waals surface area contributed by atoms with Crippen LogP contribution < -0.4 is 0 Å². The van der Waals surface area contributed by atoms with Crippen LogP contribution in [0.25, 0.3) is 32.1 Å². The molecule has 5 rings (SSSR count). The van der Waals surface area contributed by atoms with E-state index in [2.05, 4.69) is 16.0 Å². The van der Waals surface area contributed by atoms with Crippen molar-refractivity contribution in [3.05, 3.63) is 94.0 Å². The molecule has 1 amide bonds. The maximum absolute atomic E-state index is 12.5. The topological polar surface area (TPSA) is 62.5 Å². The van der Waals surface area contributed by atoms with E-state index >= 15 is 0 Å². The van der Waals surface area contributed by atoms with Gasteiger partial charge in [-0.15, -0.1) is 11.3 Å².